The van der Waals surface area contributed by atoms with Crippen molar-refractivity contribution in [2.24, 2.45) is 11.7 Å². The molecule has 2 atom stereocenters. The van der Waals surface area contributed by atoms with Gasteiger partial charge in [-0.3, -0.25) is 9.59 Å². The van der Waals surface area contributed by atoms with Crippen LogP contribution >= 0.6 is 0 Å². The molecule has 2 unspecified atom stereocenters. The summed E-state index contributed by atoms with van der Waals surface area (Å²) in [5.74, 6) is 0.866. The van der Waals surface area contributed by atoms with E-state index in [1.165, 1.54) is 0 Å². The van der Waals surface area contributed by atoms with Crippen LogP contribution in [0.3, 0.4) is 0 Å². The first kappa shape index (κ1) is 18.5. The minimum absolute atomic E-state index is 0.0449. The smallest absolute Gasteiger partial charge is 0.228 e. The number of piperidine rings is 1. The van der Waals surface area contributed by atoms with Crippen molar-refractivity contribution in [3.8, 4) is 11.5 Å². The Labute approximate surface area is 154 Å². The maximum atomic E-state index is 13.0. The van der Waals surface area contributed by atoms with Crippen molar-refractivity contribution in [1.82, 2.24) is 4.90 Å². The molecule has 3 rings (SSSR count). The van der Waals surface area contributed by atoms with Gasteiger partial charge in [-0.05, 0) is 31.4 Å². The number of benzene rings is 1. The number of hydrogen-bond donors (Lipinski definition) is 1. The van der Waals surface area contributed by atoms with Gasteiger partial charge in [-0.15, -0.1) is 0 Å². The highest BCUT2D eigenvalue weighted by Gasteiger charge is 2.40. The Kier molecular flexibility index (Phi) is 5.66. The summed E-state index contributed by atoms with van der Waals surface area (Å²) in [5, 5.41) is 0. The van der Waals surface area contributed by atoms with Crippen LogP contribution in [0.5, 0.6) is 11.5 Å². The Morgan fingerprint density at radius 1 is 1.27 bits per heavy atom. The fraction of sp³-hybridized carbons (Fsp3) is 0.579. The molecule has 0 radical (unpaired) electrons. The van der Waals surface area contributed by atoms with E-state index in [1.807, 2.05) is 4.90 Å². The number of anilines is 1. The van der Waals surface area contributed by atoms with Crippen molar-refractivity contribution in [1.29, 1.82) is 0 Å². The van der Waals surface area contributed by atoms with Gasteiger partial charge < -0.3 is 25.0 Å². The van der Waals surface area contributed by atoms with Crippen molar-refractivity contribution in [3.63, 3.8) is 0 Å². The van der Waals surface area contributed by atoms with E-state index >= 15 is 0 Å². The summed E-state index contributed by atoms with van der Waals surface area (Å²) >= 11 is 0. The predicted octanol–water partition coefficient (Wildman–Crippen LogP) is 1.40. The molecule has 7 heteroatoms. The van der Waals surface area contributed by atoms with Gasteiger partial charge >= 0.3 is 0 Å². The van der Waals surface area contributed by atoms with E-state index in [4.69, 9.17) is 15.2 Å². The average molecular weight is 361 g/mol. The minimum atomic E-state index is -0.332. The number of ether oxygens (including phenoxy) is 2. The van der Waals surface area contributed by atoms with Gasteiger partial charge in [0.2, 0.25) is 11.8 Å². The summed E-state index contributed by atoms with van der Waals surface area (Å²) in [5.41, 5.74) is 6.51. The van der Waals surface area contributed by atoms with Gasteiger partial charge in [0.25, 0.3) is 0 Å². The normalized spacial score (nSPS) is 23.3. The highest BCUT2D eigenvalue weighted by atomic mass is 16.5. The van der Waals surface area contributed by atoms with E-state index in [1.54, 1.807) is 37.3 Å². The fourth-order valence-corrected chi connectivity index (χ4v) is 3.88. The van der Waals surface area contributed by atoms with Gasteiger partial charge in [0.15, 0.2) is 0 Å². The Balaban J connectivity index is 1.77. The fourth-order valence-electron chi connectivity index (χ4n) is 3.88. The second kappa shape index (κ2) is 7.95. The van der Waals surface area contributed by atoms with Crippen molar-refractivity contribution < 1.29 is 19.1 Å². The second-order valence-corrected chi connectivity index (χ2v) is 6.86. The van der Waals surface area contributed by atoms with Gasteiger partial charge in [-0.1, -0.05) is 0 Å². The monoisotopic (exact) mass is 361 g/mol. The molecular weight excluding hydrogens is 334 g/mol. The van der Waals surface area contributed by atoms with Gasteiger partial charge in [0, 0.05) is 38.2 Å². The molecule has 2 fully saturated rings. The first-order valence-corrected chi connectivity index (χ1v) is 9.12. The number of likely N-dealkylation sites (tertiary alicyclic amines) is 1. The zero-order valence-electron chi connectivity index (χ0n) is 15.4. The number of carbonyl (C=O) groups excluding carboxylic acids is 2. The van der Waals surface area contributed by atoms with Crippen LogP contribution in [-0.4, -0.2) is 56.6 Å². The molecular formula is C19H27N3O4. The summed E-state index contributed by atoms with van der Waals surface area (Å²) in [6.45, 7) is 1.58. The van der Waals surface area contributed by atoms with E-state index in [0.717, 1.165) is 25.8 Å². The van der Waals surface area contributed by atoms with Crippen LogP contribution in [0.25, 0.3) is 0 Å². The van der Waals surface area contributed by atoms with Crippen LogP contribution < -0.4 is 20.1 Å². The van der Waals surface area contributed by atoms with Crippen LogP contribution in [0, 0.1) is 5.92 Å². The summed E-state index contributed by atoms with van der Waals surface area (Å²) in [4.78, 5) is 29.1. The SMILES string of the molecule is COc1ccc(N2CC(C(=O)N3CCCCC3CN)CC2=O)c(OC)c1. The van der Waals surface area contributed by atoms with E-state index in [-0.39, 0.29) is 30.2 Å². The standard InChI is InChI=1S/C19H27N3O4/c1-25-15-6-7-16(17(10-15)26-2)22-12-13(9-18(22)23)19(24)21-8-4-3-5-14(21)11-20/h6-7,10,13-14H,3-5,8-9,11-12,20H2,1-2H3. The number of rotatable bonds is 5. The molecule has 2 aliphatic rings. The van der Waals surface area contributed by atoms with Gasteiger partial charge in [0.05, 0.1) is 25.8 Å². The van der Waals surface area contributed by atoms with E-state index < -0.39 is 0 Å². The van der Waals surface area contributed by atoms with E-state index in [9.17, 15) is 9.59 Å². The topological polar surface area (TPSA) is 85.1 Å². The third kappa shape index (κ3) is 3.49. The maximum Gasteiger partial charge on any atom is 0.228 e. The molecule has 26 heavy (non-hydrogen) atoms. The Morgan fingerprint density at radius 2 is 2.08 bits per heavy atom. The summed E-state index contributed by atoms with van der Waals surface area (Å²) < 4.78 is 10.6. The molecule has 0 aromatic heterocycles. The molecule has 2 saturated heterocycles. The quantitative estimate of drug-likeness (QED) is 0.857. The Morgan fingerprint density at radius 3 is 2.77 bits per heavy atom. The van der Waals surface area contributed by atoms with Crippen molar-refractivity contribution >= 4 is 17.5 Å². The molecule has 7 nitrogen and oxygen atoms in total. The van der Waals surface area contributed by atoms with Gasteiger partial charge in [0.1, 0.15) is 11.5 Å². The predicted molar refractivity (Wildman–Crippen MR) is 98.4 cm³/mol. The zero-order valence-corrected chi connectivity index (χ0v) is 15.4. The molecule has 2 N–H and O–H groups in total. The lowest BCUT2D eigenvalue weighted by atomic mass is 9.98. The Bertz CT molecular complexity index is 679. The van der Waals surface area contributed by atoms with Crippen LogP contribution in [0.2, 0.25) is 0 Å². The third-order valence-electron chi connectivity index (χ3n) is 5.33. The molecule has 2 heterocycles. The lowest BCUT2D eigenvalue weighted by Crippen LogP contribution is -2.50. The van der Waals surface area contributed by atoms with Crippen molar-refractivity contribution in [2.45, 2.75) is 31.7 Å². The highest BCUT2D eigenvalue weighted by Crippen LogP contribution is 2.36. The van der Waals surface area contributed by atoms with E-state index in [2.05, 4.69) is 0 Å². The maximum absolute atomic E-state index is 13.0. The highest BCUT2D eigenvalue weighted by molar-refractivity contribution is 6.01. The number of nitrogens with zero attached hydrogens (tertiary/aromatic N) is 2. The number of carbonyl (C=O) groups is 2. The van der Waals surface area contributed by atoms with Gasteiger partial charge in [-0.2, -0.15) is 0 Å². The summed E-state index contributed by atoms with van der Waals surface area (Å²) in [7, 11) is 3.14. The van der Waals surface area contributed by atoms with E-state index in [0.29, 0.717) is 30.3 Å². The summed E-state index contributed by atoms with van der Waals surface area (Å²) in [6, 6.07) is 5.42. The summed E-state index contributed by atoms with van der Waals surface area (Å²) in [6.07, 6.45) is 3.27. The first-order chi connectivity index (χ1) is 12.6. The number of amides is 2. The zero-order chi connectivity index (χ0) is 18.7. The third-order valence-corrected chi connectivity index (χ3v) is 5.33. The molecule has 0 saturated carbocycles. The van der Waals surface area contributed by atoms with Crippen molar-refractivity contribution in [3.05, 3.63) is 18.2 Å². The first-order valence-electron chi connectivity index (χ1n) is 9.12. The molecule has 1 aromatic rings. The largest absolute Gasteiger partial charge is 0.497 e. The van der Waals surface area contributed by atoms with Gasteiger partial charge in [-0.25, -0.2) is 0 Å². The Hall–Kier alpha value is -2.28. The lowest BCUT2D eigenvalue weighted by molar-refractivity contribution is -0.139. The minimum Gasteiger partial charge on any atom is -0.497 e. The molecule has 2 amide bonds. The number of hydrogen-bond acceptors (Lipinski definition) is 5. The van der Waals surface area contributed by atoms with Crippen LogP contribution in [-0.2, 0) is 9.59 Å². The van der Waals surface area contributed by atoms with Crippen molar-refractivity contribution in [2.75, 3.05) is 38.8 Å². The molecule has 1 aromatic carbocycles. The lowest BCUT2D eigenvalue weighted by Gasteiger charge is -2.36. The molecule has 2 aliphatic heterocycles. The molecule has 0 aliphatic carbocycles. The van der Waals surface area contributed by atoms with Crippen LogP contribution in [0.4, 0.5) is 5.69 Å². The van der Waals surface area contributed by atoms with Crippen LogP contribution in [0.1, 0.15) is 25.7 Å². The average Bonchev–Trinajstić information content (AvgIpc) is 3.08. The molecule has 0 spiro atoms. The molecule has 142 valence electrons. The molecule has 0 bridgehead atoms. The number of nitrogens with two attached hydrogens (primary N) is 1. The van der Waals surface area contributed by atoms with Crippen LogP contribution in [0.15, 0.2) is 18.2 Å². The second-order valence-electron chi connectivity index (χ2n) is 6.86. The number of methoxy groups -OCH3 is 2.